The number of anilines is 1. The topological polar surface area (TPSA) is 70.2 Å². The zero-order valence-electron chi connectivity index (χ0n) is 19.0. The summed E-state index contributed by atoms with van der Waals surface area (Å²) in [7, 11) is 0. The van der Waals surface area contributed by atoms with E-state index in [0.29, 0.717) is 35.5 Å². The van der Waals surface area contributed by atoms with Crippen LogP contribution in [0.1, 0.15) is 64.7 Å². The first-order valence-corrected chi connectivity index (χ1v) is 11.6. The maximum Gasteiger partial charge on any atom is 0.319 e. The first-order valence-electron chi connectivity index (χ1n) is 11.6. The van der Waals surface area contributed by atoms with Crippen molar-refractivity contribution >= 4 is 17.6 Å². The van der Waals surface area contributed by atoms with Crippen LogP contribution in [0.15, 0.2) is 72.8 Å². The zero-order chi connectivity index (χ0) is 22.9. The highest BCUT2D eigenvalue weighted by atomic mass is 16.2. The molecule has 1 atom stereocenters. The molecule has 5 heteroatoms. The SMILES string of the molecule is CC(C)NC(=O)Nc1ccc(C(=O)NCC2CC3c4ccccc4C2c2ccccc23)cc1. The highest BCUT2D eigenvalue weighted by molar-refractivity contribution is 5.95. The van der Waals surface area contributed by atoms with Gasteiger partial charge in [0.15, 0.2) is 0 Å². The van der Waals surface area contributed by atoms with E-state index in [1.165, 1.54) is 22.3 Å². The van der Waals surface area contributed by atoms with E-state index in [0.717, 1.165) is 6.42 Å². The molecule has 3 aliphatic rings. The van der Waals surface area contributed by atoms with Crippen LogP contribution in [0, 0.1) is 5.92 Å². The second kappa shape index (κ2) is 8.74. The molecule has 3 amide bonds. The van der Waals surface area contributed by atoms with Gasteiger partial charge in [0.05, 0.1) is 0 Å². The van der Waals surface area contributed by atoms with Gasteiger partial charge in [-0.25, -0.2) is 4.79 Å². The van der Waals surface area contributed by atoms with Crippen molar-refractivity contribution in [2.24, 2.45) is 5.92 Å². The van der Waals surface area contributed by atoms with Gasteiger partial charge in [-0.15, -0.1) is 0 Å². The van der Waals surface area contributed by atoms with E-state index in [1.807, 2.05) is 13.8 Å². The van der Waals surface area contributed by atoms with Gasteiger partial charge in [0.25, 0.3) is 5.91 Å². The van der Waals surface area contributed by atoms with Crippen LogP contribution in [0.4, 0.5) is 10.5 Å². The predicted molar refractivity (Wildman–Crippen MR) is 131 cm³/mol. The molecule has 6 rings (SSSR count). The lowest BCUT2D eigenvalue weighted by atomic mass is 9.59. The van der Waals surface area contributed by atoms with Crippen molar-refractivity contribution in [3.63, 3.8) is 0 Å². The lowest BCUT2D eigenvalue weighted by molar-refractivity contribution is 0.0943. The van der Waals surface area contributed by atoms with Gasteiger partial charge in [-0.2, -0.15) is 0 Å². The van der Waals surface area contributed by atoms with E-state index in [4.69, 9.17) is 0 Å². The molecule has 0 spiro atoms. The van der Waals surface area contributed by atoms with Gasteiger partial charge in [0.1, 0.15) is 0 Å². The van der Waals surface area contributed by atoms with Gasteiger partial charge < -0.3 is 16.0 Å². The Balaban J connectivity index is 1.27. The Labute approximate surface area is 194 Å². The van der Waals surface area contributed by atoms with Crippen LogP contribution in [0.3, 0.4) is 0 Å². The van der Waals surface area contributed by atoms with Crippen LogP contribution in [0.5, 0.6) is 0 Å². The molecule has 3 N–H and O–H groups in total. The molecule has 3 aromatic rings. The first-order chi connectivity index (χ1) is 16.0. The second-order valence-electron chi connectivity index (χ2n) is 9.32. The highest BCUT2D eigenvalue weighted by Crippen LogP contribution is 2.55. The second-order valence-corrected chi connectivity index (χ2v) is 9.32. The molecule has 3 aliphatic carbocycles. The van der Waals surface area contributed by atoms with Crippen molar-refractivity contribution in [2.45, 2.75) is 38.1 Å². The fourth-order valence-corrected chi connectivity index (χ4v) is 5.42. The van der Waals surface area contributed by atoms with Crippen molar-refractivity contribution in [1.29, 1.82) is 0 Å². The predicted octanol–water partition coefficient (Wildman–Crippen LogP) is 5.24. The van der Waals surface area contributed by atoms with Crippen LogP contribution < -0.4 is 16.0 Å². The number of fused-ring (bicyclic) bond motifs is 1. The molecule has 0 fully saturated rings. The fraction of sp³-hybridized carbons (Fsp3) is 0.286. The minimum atomic E-state index is -0.255. The van der Waals surface area contributed by atoms with Crippen LogP contribution in [0.2, 0.25) is 0 Å². The van der Waals surface area contributed by atoms with Gasteiger partial charge in [-0.1, -0.05) is 48.5 Å². The number of amides is 3. The summed E-state index contributed by atoms with van der Waals surface area (Å²) in [5, 5.41) is 8.72. The normalized spacial score (nSPS) is 20.0. The average molecular weight is 440 g/mol. The molecule has 0 aliphatic heterocycles. The van der Waals surface area contributed by atoms with E-state index in [2.05, 4.69) is 64.5 Å². The van der Waals surface area contributed by atoms with Gasteiger partial charge in [0.2, 0.25) is 0 Å². The molecule has 33 heavy (non-hydrogen) atoms. The highest BCUT2D eigenvalue weighted by Gasteiger charge is 2.42. The van der Waals surface area contributed by atoms with Gasteiger partial charge in [-0.05, 0) is 72.7 Å². The van der Waals surface area contributed by atoms with Crippen LogP contribution in [0.25, 0.3) is 0 Å². The number of urea groups is 1. The summed E-state index contributed by atoms with van der Waals surface area (Å²) in [5.41, 5.74) is 6.93. The van der Waals surface area contributed by atoms with Crippen molar-refractivity contribution in [3.05, 3.63) is 101 Å². The summed E-state index contributed by atoms with van der Waals surface area (Å²) in [6.45, 7) is 4.45. The maximum absolute atomic E-state index is 12.9. The van der Waals surface area contributed by atoms with Crippen LogP contribution >= 0.6 is 0 Å². The number of benzene rings is 3. The number of hydrogen-bond donors (Lipinski definition) is 3. The van der Waals surface area contributed by atoms with E-state index >= 15 is 0 Å². The molecule has 1 unspecified atom stereocenters. The zero-order valence-corrected chi connectivity index (χ0v) is 19.0. The summed E-state index contributed by atoms with van der Waals surface area (Å²) < 4.78 is 0. The lowest BCUT2D eigenvalue weighted by Gasteiger charge is -2.45. The summed E-state index contributed by atoms with van der Waals surface area (Å²) in [5.74, 6) is 0.987. The molecule has 0 saturated heterocycles. The minimum Gasteiger partial charge on any atom is -0.352 e. The summed E-state index contributed by atoms with van der Waals surface area (Å²) >= 11 is 0. The molecule has 2 bridgehead atoms. The largest absolute Gasteiger partial charge is 0.352 e. The number of carbonyl (C=O) groups excluding carboxylic acids is 2. The molecular weight excluding hydrogens is 410 g/mol. The third kappa shape index (κ3) is 4.11. The summed E-state index contributed by atoms with van der Waals surface area (Å²) in [6.07, 6.45) is 1.05. The standard InChI is InChI=1S/C28H29N3O2/c1-17(2)30-28(33)31-20-13-11-18(12-14-20)27(32)29-16-19-15-25-21-7-3-5-9-23(21)26(19)24-10-6-4-8-22(24)25/h3-14,17,19,25-26H,15-16H2,1-2H3,(H,29,32)(H2,30,31,33). The quantitative estimate of drug-likeness (QED) is 0.509. The molecule has 0 radical (unpaired) electrons. The van der Waals surface area contributed by atoms with Crippen LogP contribution in [-0.2, 0) is 0 Å². The Hall–Kier alpha value is -3.60. The Morgan fingerprint density at radius 3 is 2.00 bits per heavy atom. The minimum absolute atomic E-state index is 0.0593. The van der Waals surface area contributed by atoms with E-state index < -0.39 is 0 Å². The van der Waals surface area contributed by atoms with E-state index in [-0.39, 0.29) is 18.0 Å². The fourth-order valence-electron chi connectivity index (χ4n) is 5.42. The summed E-state index contributed by atoms with van der Waals surface area (Å²) in [6, 6.07) is 24.3. The van der Waals surface area contributed by atoms with Crippen molar-refractivity contribution in [2.75, 3.05) is 11.9 Å². The van der Waals surface area contributed by atoms with Crippen molar-refractivity contribution < 1.29 is 9.59 Å². The van der Waals surface area contributed by atoms with Gasteiger partial charge in [0, 0.05) is 35.7 Å². The van der Waals surface area contributed by atoms with Gasteiger partial charge in [-0.3, -0.25) is 4.79 Å². The van der Waals surface area contributed by atoms with Crippen molar-refractivity contribution in [1.82, 2.24) is 10.6 Å². The monoisotopic (exact) mass is 439 g/mol. The molecule has 0 heterocycles. The Morgan fingerprint density at radius 1 is 0.848 bits per heavy atom. The number of rotatable bonds is 5. The molecule has 168 valence electrons. The molecule has 0 aromatic heterocycles. The average Bonchev–Trinajstić information content (AvgIpc) is 2.82. The third-order valence-corrected chi connectivity index (χ3v) is 6.77. The van der Waals surface area contributed by atoms with Crippen LogP contribution in [-0.4, -0.2) is 24.5 Å². The smallest absolute Gasteiger partial charge is 0.319 e. The number of nitrogens with one attached hydrogen (secondary N) is 3. The Morgan fingerprint density at radius 2 is 1.42 bits per heavy atom. The number of hydrogen-bond acceptors (Lipinski definition) is 2. The molecular formula is C28H29N3O2. The van der Waals surface area contributed by atoms with Crippen molar-refractivity contribution in [3.8, 4) is 0 Å². The molecule has 0 saturated carbocycles. The maximum atomic E-state index is 12.9. The van der Waals surface area contributed by atoms with E-state index in [9.17, 15) is 9.59 Å². The lowest BCUT2D eigenvalue weighted by Crippen LogP contribution is -2.39. The van der Waals surface area contributed by atoms with E-state index in [1.54, 1.807) is 24.3 Å². The summed E-state index contributed by atoms with van der Waals surface area (Å²) in [4.78, 5) is 24.7. The number of carbonyl (C=O) groups is 2. The Bertz CT molecular complexity index is 1140. The molecule has 5 nitrogen and oxygen atoms in total. The molecule has 3 aromatic carbocycles. The third-order valence-electron chi connectivity index (χ3n) is 6.77. The first kappa shape index (κ1) is 21.3. The Kier molecular flexibility index (Phi) is 5.63. The van der Waals surface area contributed by atoms with Gasteiger partial charge >= 0.3 is 6.03 Å².